The SMILES string of the molecule is Cc1cccc(CN2CCC[C@]3(CCN(c4ccc(C(C)C)nn4)C3)C2=O)c1. The fraction of sp³-hybridized carbons (Fsp3) is 0.522. The topological polar surface area (TPSA) is 49.3 Å². The number of piperidine rings is 1. The van der Waals surface area contributed by atoms with E-state index in [1.807, 2.05) is 0 Å². The number of nitrogens with zero attached hydrogens (tertiary/aromatic N) is 4. The lowest BCUT2D eigenvalue weighted by atomic mass is 9.78. The van der Waals surface area contributed by atoms with Gasteiger partial charge in [-0.3, -0.25) is 4.79 Å². The van der Waals surface area contributed by atoms with Gasteiger partial charge < -0.3 is 9.80 Å². The predicted octanol–water partition coefficient (Wildman–Crippen LogP) is 3.93. The maximum absolute atomic E-state index is 13.4. The largest absolute Gasteiger partial charge is 0.354 e. The zero-order valence-electron chi connectivity index (χ0n) is 17.2. The highest BCUT2D eigenvalue weighted by Gasteiger charge is 2.48. The molecule has 28 heavy (non-hydrogen) atoms. The third kappa shape index (κ3) is 3.62. The van der Waals surface area contributed by atoms with Crippen molar-refractivity contribution in [1.82, 2.24) is 15.1 Å². The number of benzene rings is 1. The van der Waals surface area contributed by atoms with Gasteiger partial charge in [-0.15, -0.1) is 5.10 Å². The second-order valence-corrected chi connectivity index (χ2v) is 8.74. The van der Waals surface area contributed by atoms with E-state index in [-0.39, 0.29) is 5.41 Å². The number of amides is 1. The minimum Gasteiger partial charge on any atom is -0.354 e. The first kappa shape index (κ1) is 18.9. The second-order valence-electron chi connectivity index (χ2n) is 8.74. The summed E-state index contributed by atoms with van der Waals surface area (Å²) in [6.45, 7) is 9.55. The van der Waals surface area contributed by atoms with Crippen molar-refractivity contribution < 1.29 is 4.79 Å². The van der Waals surface area contributed by atoms with Crippen LogP contribution in [-0.4, -0.2) is 40.6 Å². The third-order valence-electron chi connectivity index (χ3n) is 6.22. The van der Waals surface area contributed by atoms with Gasteiger partial charge in [-0.25, -0.2) is 0 Å². The summed E-state index contributed by atoms with van der Waals surface area (Å²) in [4.78, 5) is 17.7. The van der Waals surface area contributed by atoms with Crippen LogP contribution < -0.4 is 4.90 Å². The lowest BCUT2D eigenvalue weighted by Crippen LogP contribution is -2.49. The van der Waals surface area contributed by atoms with E-state index in [9.17, 15) is 4.79 Å². The van der Waals surface area contributed by atoms with Gasteiger partial charge in [0.2, 0.25) is 5.91 Å². The summed E-state index contributed by atoms with van der Waals surface area (Å²) in [6.07, 6.45) is 2.96. The maximum atomic E-state index is 13.4. The van der Waals surface area contributed by atoms with Crippen molar-refractivity contribution >= 4 is 11.7 Å². The van der Waals surface area contributed by atoms with Crippen molar-refractivity contribution in [3.8, 4) is 0 Å². The molecule has 4 rings (SSSR count). The molecule has 0 bridgehead atoms. The van der Waals surface area contributed by atoms with Crippen LogP contribution in [0.5, 0.6) is 0 Å². The Kier molecular flexibility index (Phi) is 5.09. The molecule has 0 N–H and O–H groups in total. The highest BCUT2D eigenvalue weighted by molar-refractivity contribution is 5.85. The van der Waals surface area contributed by atoms with E-state index in [0.29, 0.717) is 18.4 Å². The van der Waals surface area contributed by atoms with Crippen molar-refractivity contribution in [3.05, 3.63) is 53.2 Å². The first-order chi connectivity index (χ1) is 13.5. The normalized spacial score (nSPS) is 22.5. The number of aromatic nitrogens is 2. The molecular formula is C23H30N4O. The molecule has 0 radical (unpaired) electrons. The Morgan fingerprint density at radius 1 is 1.11 bits per heavy atom. The molecule has 148 valence electrons. The van der Waals surface area contributed by atoms with Crippen LogP contribution in [0.4, 0.5) is 5.82 Å². The lowest BCUT2D eigenvalue weighted by Gasteiger charge is -2.39. The molecule has 2 saturated heterocycles. The van der Waals surface area contributed by atoms with Gasteiger partial charge in [0, 0.05) is 26.2 Å². The molecular weight excluding hydrogens is 348 g/mol. The van der Waals surface area contributed by atoms with E-state index >= 15 is 0 Å². The van der Waals surface area contributed by atoms with Crippen molar-refractivity contribution in [2.45, 2.75) is 52.5 Å². The third-order valence-corrected chi connectivity index (χ3v) is 6.22. The number of hydrogen-bond donors (Lipinski definition) is 0. The summed E-state index contributed by atoms with van der Waals surface area (Å²) in [5.74, 6) is 1.58. The smallest absolute Gasteiger partial charge is 0.230 e. The summed E-state index contributed by atoms with van der Waals surface area (Å²) in [5.41, 5.74) is 3.21. The average Bonchev–Trinajstić information content (AvgIpc) is 3.11. The van der Waals surface area contributed by atoms with Gasteiger partial charge in [0.15, 0.2) is 5.82 Å². The standard InChI is InChI=1S/C23H30N4O/c1-17(2)20-8-9-21(25-24-20)27-13-11-23(16-27)10-5-12-26(22(23)28)15-19-7-4-6-18(3)14-19/h4,6-9,14,17H,5,10-13,15-16H2,1-3H3/t23-/m1/s1. The fourth-order valence-corrected chi connectivity index (χ4v) is 4.59. The van der Waals surface area contributed by atoms with Crippen LogP contribution in [-0.2, 0) is 11.3 Å². The van der Waals surface area contributed by atoms with Gasteiger partial charge in [-0.05, 0) is 49.8 Å². The number of likely N-dealkylation sites (tertiary alicyclic amines) is 1. The summed E-state index contributed by atoms with van der Waals surface area (Å²) in [5, 5.41) is 8.80. The van der Waals surface area contributed by atoms with Crippen LogP contribution in [0.15, 0.2) is 36.4 Å². The highest BCUT2D eigenvalue weighted by atomic mass is 16.2. The Labute approximate surface area is 167 Å². The summed E-state index contributed by atoms with van der Waals surface area (Å²) >= 11 is 0. The second kappa shape index (κ2) is 7.53. The number of anilines is 1. The Morgan fingerprint density at radius 3 is 2.68 bits per heavy atom. The van der Waals surface area contributed by atoms with Gasteiger partial charge >= 0.3 is 0 Å². The van der Waals surface area contributed by atoms with E-state index < -0.39 is 0 Å². The molecule has 2 aromatic rings. The Hall–Kier alpha value is -2.43. The summed E-state index contributed by atoms with van der Waals surface area (Å²) in [6, 6.07) is 12.6. The summed E-state index contributed by atoms with van der Waals surface area (Å²) < 4.78 is 0. The van der Waals surface area contributed by atoms with Crippen LogP contribution >= 0.6 is 0 Å². The van der Waals surface area contributed by atoms with Crippen molar-refractivity contribution in [2.24, 2.45) is 5.41 Å². The molecule has 5 nitrogen and oxygen atoms in total. The molecule has 0 saturated carbocycles. The van der Waals surface area contributed by atoms with Crippen LogP contribution in [0.25, 0.3) is 0 Å². The van der Waals surface area contributed by atoms with Gasteiger partial charge in [-0.2, -0.15) is 5.10 Å². The lowest BCUT2D eigenvalue weighted by molar-refractivity contribution is -0.145. The van der Waals surface area contributed by atoms with Crippen LogP contribution in [0.2, 0.25) is 0 Å². The number of hydrogen-bond acceptors (Lipinski definition) is 4. The molecule has 1 amide bonds. The minimum absolute atomic E-state index is 0.263. The highest BCUT2D eigenvalue weighted by Crippen LogP contribution is 2.41. The Bertz CT molecular complexity index is 848. The Morgan fingerprint density at radius 2 is 1.96 bits per heavy atom. The first-order valence-electron chi connectivity index (χ1n) is 10.4. The van der Waals surface area contributed by atoms with Crippen LogP contribution in [0.1, 0.15) is 55.8 Å². The number of rotatable bonds is 4. The zero-order chi connectivity index (χ0) is 19.7. The van der Waals surface area contributed by atoms with Crippen LogP contribution in [0.3, 0.4) is 0 Å². The molecule has 1 atom stereocenters. The predicted molar refractivity (Wildman–Crippen MR) is 111 cm³/mol. The van der Waals surface area contributed by atoms with E-state index in [2.05, 4.69) is 77.2 Å². The van der Waals surface area contributed by atoms with Crippen molar-refractivity contribution in [1.29, 1.82) is 0 Å². The number of carbonyl (C=O) groups is 1. The molecule has 1 spiro atoms. The van der Waals surface area contributed by atoms with Crippen LogP contribution in [0, 0.1) is 12.3 Å². The monoisotopic (exact) mass is 378 g/mol. The van der Waals surface area contributed by atoms with Gasteiger partial charge in [0.05, 0.1) is 11.1 Å². The molecule has 2 aliphatic heterocycles. The van der Waals surface area contributed by atoms with Crippen molar-refractivity contribution in [2.75, 3.05) is 24.5 Å². The average molecular weight is 379 g/mol. The maximum Gasteiger partial charge on any atom is 0.230 e. The first-order valence-corrected chi connectivity index (χ1v) is 10.4. The van der Waals surface area contributed by atoms with E-state index in [1.54, 1.807) is 0 Å². The fourth-order valence-electron chi connectivity index (χ4n) is 4.59. The molecule has 1 aromatic heterocycles. The minimum atomic E-state index is -0.263. The van der Waals surface area contributed by atoms with Gasteiger partial charge in [-0.1, -0.05) is 43.7 Å². The molecule has 5 heteroatoms. The number of carbonyl (C=O) groups excluding carboxylic acids is 1. The molecule has 1 aromatic carbocycles. The molecule has 0 unspecified atom stereocenters. The van der Waals surface area contributed by atoms with E-state index in [4.69, 9.17) is 0 Å². The van der Waals surface area contributed by atoms with Gasteiger partial charge in [0.25, 0.3) is 0 Å². The molecule has 0 aliphatic carbocycles. The number of aryl methyl sites for hydroxylation is 1. The molecule has 2 fully saturated rings. The quantitative estimate of drug-likeness (QED) is 0.809. The van der Waals surface area contributed by atoms with E-state index in [1.165, 1.54) is 11.1 Å². The zero-order valence-corrected chi connectivity index (χ0v) is 17.2. The molecule has 2 aliphatic rings. The summed E-state index contributed by atoms with van der Waals surface area (Å²) in [7, 11) is 0. The van der Waals surface area contributed by atoms with E-state index in [0.717, 1.165) is 50.4 Å². The molecule has 3 heterocycles. The van der Waals surface area contributed by atoms with Gasteiger partial charge in [0.1, 0.15) is 0 Å². The Balaban J connectivity index is 1.47. The van der Waals surface area contributed by atoms with Crippen molar-refractivity contribution in [3.63, 3.8) is 0 Å².